The van der Waals surface area contributed by atoms with Gasteiger partial charge in [-0.3, -0.25) is 14.4 Å². The number of likely N-dealkylation sites (N-methyl/N-ethyl adjacent to an activating group) is 1. The first kappa shape index (κ1) is 39.5. The summed E-state index contributed by atoms with van der Waals surface area (Å²) in [5.74, 6) is -4.87. The standard InChI is InChI=1S/C37H55NO10/c1-12-28-36(7,43)19-21(2)29(39)22(3)20-37(8,44-11)32(24(5)30(40)25(6)33(41)46-28)48-35-31(27(38(9)10)18-23(4)45-35)47-34(42)26-16-14-13-15-17-26/h13-17,19,22-25,27-28,31-32,35,43H,12,18,20H2,1-11H3/b21-19+/t22-,23+,24+,25-,27-,28+,31-,32+,35+,36-,37+/m1/s1. The lowest BCUT2D eigenvalue weighted by atomic mass is 9.77. The number of aliphatic hydroxyl groups is 1. The van der Waals surface area contributed by atoms with Crippen LogP contribution in [0.4, 0.5) is 0 Å². The van der Waals surface area contributed by atoms with Gasteiger partial charge in [0, 0.05) is 18.9 Å². The van der Waals surface area contributed by atoms with E-state index in [2.05, 4.69) is 0 Å². The predicted molar refractivity (Wildman–Crippen MR) is 179 cm³/mol. The zero-order valence-electron chi connectivity index (χ0n) is 30.4. The number of rotatable bonds is 7. The largest absolute Gasteiger partial charge is 0.458 e. The average molecular weight is 674 g/mol. The molecule has 11 nitrogen and oxygen atoms in total. The van der Waals surface area contributed by atoms with Gasteiger partial charge in [0.2, 0.25) is 0 Å². The van der Waals surface area contributed by atoms with Gasteiger partial charge in [-0.2, -0.15) is 0 Å². The van der Waals surface area contributed by atoms with E-state index in [1.54, 1.807) is 65.0 Å². The fraction of sp³-hybridized carbons (Fsp3) is 0.676. The number of ether oxygens (including phenoxy) is 5. The molecule has 0 spiro atoms. The van der Waals surface area contributed by atoms with E-state index in [-0.39, 0.29) is 30.8 Å². The molecule has 0 aromatic heterocycles. The maximum absolute atomic E-state index is 14.1. The maximum Gasteiger partial charge on any atom is 0.338 e. The average Bonchev–Trinajstić information content (AvgIpc) is 3.04. The minimum absolute atomic E-state index is 0.127. The van der Waals surface area contributed by atoms with E-state index in [1.807, 2.05) is 25.9 Å². The SMILES string of the molecule is CC[C@@H]1OC(=O)[C@H](C)C(=O)[C@H](C)[C@H](O[C@@H]2O[C@@H](C)C[C@@H](N(C)C)[C@H]2OC(=O)c2ccccc2)[C@@](C)(OC)C[C@@H](C)C(=O)/C(C)=C/[C@@]1(C)O. The Kier molecular flexibility index (Phi) is 13.3. The van der Waals surface area contributed by atoms with Crippen molar-refractivity contribution in [2.24, 2.45) is 17.8 Å². The number of carbonyl (C=O) groups excluding carboxylic acids is 4. The number of esters is 2. The van der Waals surface area contributed by atoms with E-state index in [1.165, 1.54) is 27.0 Å². The topological polar surface area (TPSA) is 138 Å². The first-order valence-corrected chi connectivity index (χ1v) is 16.9. The molecule has 11 heteroatoms. The van der Waals surface area contributed by atoms with Crippen LogP contribution in [-0.4, -0.2) is 103 Å². The third kappa shape index (κ3) is 8.98. The summed E-state index contributed by atoms with van der Waals surface area (Å²) in [6.45, 7) is 13.4. The summed E-state index contributed by atoms with van der Waals surface area (Å²) in [7, 11) is 5.24. The van der Waals surface area contributed by atoms with E-state index in [0.29, 0.717) is 17.6 Å². The highest BCUT2D eigenvalue weighted by atomic mass is 16.7. The van der Waals surface area contributed by atoms with Gasteiger partial charge in [0.15, 0.2) is 24.0 Å². The van der Waals surface area contributed by atoms with Crippen LogP contribution in [0.2, 0.25) is 0 Å². The van der Waals surface area contributed by atoms with E-state index in [4.69, 9.17) is 23.7 Å². The molecular weight excluding hydrogens is 618 g/mol. The van der Waals surface area contributed by atoms with Gasteiger partial charge >= 0.3 is 11.9 Å². The molecule has 0 radical (unpaired) electrons. The minimum Gasteiger partial charge on any atom is -0.458 e. The zero-order chi connectivity index (χ0) is 36.1. The second-order valence-electron chi connectivity index (χ2n) is 14.2. The van der Waals surface area contributed by atoms with Crippen LogP contribution in [0, 0.1) is 17.8 Å². The number of methoxy groups -OCH3 is 1. The Hall–Kier alpha value is -2.96. The Bertz CT molecular complexity index is 1330. The van der Waals surface area contributed by atoms with E-state index >= 15 is 0 Å². The molecule has 11 atom stereocenters. The molecular formula is C37H55NO10. The van der Waals surface area contributed by atoms with Crippen LogP contribution in [0.5, 0.6) is 0 Å². The maximum atomic E-state index is 14.1. The summed E-state index contributed by atoms with van der Waals surface area (Å²) < 4.78 is 31.0. The Balaban J connectivity index is 2.12. The number of hydrogen-bond donors (Lipinski definition) is 1. The second-order valence-corrected chi connectivity index (χ2v) is 14.2. The summed E-state index contributed by atoms with van der Waals surface area (Å²) in [5, 5.41) is 11.3. The third-order valence-electron chi connectivity index (χ3n) is 9.87. The molecule has 3 rings (SSSR count). The smallest absolute Gasteiger partial charge is 0.338 e. The van der Waals surface area contributed by atoms with Crippen LogP contribution < -0.4 is 0 Å². The second kappa shape index (κ2) is 16.2. The molecule has 0 amide bonds. The summed E-state index contributed by atoms with van der Waals surface area (Å²) >= 11 is 0. The molecule has 48 heavy (non-hydrogen) atoms. The van der Waals surface area contributed by atoms with Crippen molar-refractivity contribution in [2.45, 2.75) is 123 Å². The van der Waals surface area contributed by atoms with Crippen molar-refractivity contribution in [2.75, 3.05) is 21.2 Å². The molecule has 2 aliphatic rings. The van der Waals surface area contributed by atoms with Crippen LogP contribution in [0.25, 0.3) is 0 Å². The first-order chi connectivity index (χ1) is 22.4. The number of hydrogen-bond acceptors (Lipinski definition) is 11. The number of benzene rings is 1. The van der Waals surface area contributed by atoms with Gasteiger partial charge in [-0.25, -0.2) is 4.79 Å². The Morgan fingerprint density at radius 2 is 1.69 bits per heavy atom. The molecule has 0 aliphatic carbocycles. The molecule has 2 heterocycles. The lowest BCUT2D eigenvalue weighted by molar-refractivity contribution is -0.294. The Morgan fingerprint density at radius 3 is 2.25 bits per heavy atom. The van der Waals surface area contributed by atoms with Crippen LogP contribution in [0.3, 0.4) is 0 Å². The molecule has 0 unspecified atom stereocenters. The van der Waals surface area contributed by atoms with Crippen molar-refractivity contribution >= 4 is 23.5 Å². The summed E-state index contributed by atoms with van der Waals surface area (Å²) in [6.07, 6.45) is -2.04. The van der Waals surface area contributed by atoms with Crippen LogP contribution >= 0.6 is 0 Å². The highest BCUT2D eigenvalue weighted by molar-refractivity contribution is 6.00. The van der Waals surface area contributed by atoms with Gasteiger partial charge in [0.1, 0.15) is 17.6 Å². The Labute approximate surface area is 285 Å². The summed E-state index contributed by atoms with van der Waals surface area (Å²) in [4.78, 5) is 56.5. The predicted octanol–water partition coefficient (Wildman–Crippen LogP) is 4.54. The van der Waals surface area contributed by atoms with Crippen molar-refractivity contribution in [3.63, 3.8) is 0 Å². The van der Waals surface area contributed by atoms with Gasteiger partial charge in [-0.1, -0.05) is 39.0 Å². The molecule has 1 fully saturated rings. The fourth-order valence-electron chi connectivity index (χ4n) is 6.99. The number of Topliss-reactive ketones (excluding diaryl/α,β-unsaturated/α-hetero) is 2. The highest BCUT2D eigenvalue weighted by Crippen LogP contribution is 2.38. The fourth-order valence-corrected chi connectivity index (χ4v) is 6.99. The van der Waals surface area contributed by atoms with Crippen molar-refractivity contribution in [1.29, 1.82) is 0 Å². The molecule has 1 saturated heterocycles. The molecule has 1 aromatic carbocycles. The number of ketones is 2. The minimum atomic E-state index is -1.65. The van der Waals surface area contributed by atoms with Crippen molar-refractivity contribution < 1.29 is 48.0 Å². The molecule has 1 aromatic rings. The molecule has 1 N–H and O–H groups in total. The summed E-state index contributed by atoms with van der Waals surface area (Å²) in [5.41, 5.74) is -2.25. The van der Waals surface area contributed by atoms with Crippen LogP contribution in [-0.2, 0) is 38.1 Å². The molecule has 0 saturated carbocycles. The van der Waals surface area contributed by atoms with Crippen molar-refractivity contribution in [1.82, 2.24) is 4.90 Å². The van der Waals surface area contributed by atoms with Crippen LogP contribution in [0.1, 0.15) is 85.0 Å². The van der Waals surface area contributed by atoms with Crippen molar-refractivity contribution in [3.8, 4) is 0 Å². The number of carbonyl (C=O) groups is 4. The highest BCUT2D eigenvalue weighted by Gasteiger charge is 2.51. The zero-order valence-corrected chi connectivity index (χ0v) is 30.4. The lowest BCUT2D eigenvalue weighted by Gasteiger charge is -2.47. The van der Waals surface area contributed by atoms with Gasteiger partial charge in [-0.05, 0) is 91.8 Å². The van der Waals surface area contributed by atoms with Gasteiger partial charge in [0.05, 0.1) is 29.4 Å². The third-order valence-corrected chi connectivity index (χ3v) is 9.87. The van der Waals surface area contributed by atoms with Gasteiger partial charge in [0.25, 0.3) is 0 Å². The molecule has 2 aliphatic heterocycles. The Morgan fingerprint density at radius 1 is 1.06 bits per heavy atom. The summed E-state index contributed by atoms with van der Waals surface area (Å²) in [6, 6.07) is 8.31. The van der Waals surface area contributed by atoms with Crippen molar-refractivity contribution in [3.05, 3.63) is 47.5 Å². The quantitative estimate of drug-likeness (QED) is 0.323. The van der Waals surface area contributed by atoms with Gasteiger partial charge < -0.3 is 33.7 Å². The number of cyclic esters (lactones) is 1. The normalized spacial score (nSPS) is 38.5. The van der Waals surface area contributed by atoms with Crippen LogP contribution in [0.15, 0.2) is 42.0 Å². The number of allylic oxidation sites excluding steroid dienone is 1. The molecule has 268 valence electrons. The molecule has 0 bridgehead atoms. The van der Waals surface area contributed by atoms with E-state index in [0.717, 1.165) is 0 Å². The lowest BCUT2D eigenvalue weighted by Crippen LogP contribution is -2.60. The van der Waals surface area contributed by atoms with Gasteiger partial charge in [-0.15, -0.1) is 0 Å². The first-order valence-electron chi connectivity index (χ1n) is 16.9. The van der Waals surface area contributed by atoms with E-state index < -0.39 is 71.3 Å². The number of nitrogens with zero attached hydrogens (tertiary/aromatic N) is 1. The monoisotopic (exact) mass is 673 g/mol. The van der Waals surface area contributed by atoms with E-state index in [9.17, 15) is 24.3 Å².